The molecule has 0 aromatic heterocycles. The van der Waals surface area contributed by atoms with Crippen LogP contribution in [0.4, 0.5) is 11.4 Å². The molecule has 1 N–H and O–H groups in total. The Morgan fingerprint density at radius 3 is 2.34 bits per heavy atom. The maximum atomic E-state index is 13.3. The molecule has 0 bridgehead atoms. The van der Waals surface area contributed by atoms with E-state index in [1.807, 2.05) is 29.2 Å². The molecule has 0 aliphatic carbocycles. The van der Waals surface area contributed by atoms with E-state index in [1.165, 1.54) is 5.56 Å². The predicted molar refractivity (Wildman–Crippen MR) is 129 cm³/mol. The minimum atomic E-state index is -0.526. The largest absolute Gasteiger partial charge is 0.508 e. The third-order valence-electron chi connectivity index (χ3n) is 6.54. The molecule has 4 rings (SSSR count). The first-order valence-corrected chi connectivity index (χ1v) is 11.5. The summed E-state index contributed by atoms with van der Waals surface area (Å²) in [6, 6.07) is 13.7. The van der Waals surface area contributed by atoms with Crippen molar-refractivity contribution in [3.05, 3.63) is 53.6 Å². The summed E-state index contributed by atoms with van der Waals surface area (Å²) in [5.74, 6) is 0.247. The van der Waals surface area contributed by atoms with Gasteiger partial charge < -0.3 is 24.5 Å². The SMILES string of the molecule is CN1CCN(c2cc(O)ccc2CC2OCCN(c3ccc(C(C)(C)C)cc3)C2=O)CC1. The van der Waals surface area contributed by atoms with Crippen molar-refractivity contribution in [3.8, 4) is 5.75 Å². The lowest BCUT2D eigenvalue weighted by Crippen LogP contribution is -2.49. The maximum absolute atomic E-state index is 13.3. The number of likely N-dealkylation sites (N-methyl/N-ethyl adjacent to an activating group) is 1. The molecule has 6 nitrogen and oxygen atoms in total. The van der Waals surface area contributed by atoms with Crippen LogP contribution in [0.3, 0.4) is 0 Å². The normalized spacial score (nSPS) is 20.6. The van der Waals surface area contributed by atoms with E-state index in [2.05, 4.69) is 49.8 Å². The number of nitrogens with zero attached hydrogens (tertiary/aromatic N) is 3. The number of anilines is 2. The van der Waals surface area contributed by atoms with E-state index in [0.717, 1.165) is 43.1 Å². The fraction of sp³-hybridized carbons (Fsp3) is 0.500. The Balaban J connectivity index is 1.52. The lowest BCUT2D eigenvalue weighted by atomic mass is 9.87. The summed E-state index contributed by atoms with van der Waals surface area (Å²) in [6.07, 6.45) is -0.0287. The second-order valence-corrected chi connectivity index (χ2v) is 9.95. The summed E-state index contributed by atoms with van der Waals surface area (Å²) in [5, 5.41) is 10.1. The summed E-state index contributed by atoms with van der Waals surface area (Å²) < 4.78 is 5.93. The van der Waals surface area contributed by atoms with Crippen LogP contribution < -0.4 is 9.80 Å². The Hall–Kier alpha value is -2.57. The highest BCUT2D eigenvalue weighted by Gasteiger charge is 2.32. The Morgan fingerprint density at radius 1 is 1.00 bits per heavy atom. The summed E-state index contributed by atoms with van der Waals surface area (Å²) in [7, 11) is 2.12. The molecule has 2 aliphatic rings. The Kier molecular flexibility index (Phi) is 6.45. The molecule has 2 aromatic carbocycles. The van der Waals surface area contributed by atoms with Crippen molar-refractivity contribution in [1.29, 1.82) is 0 Å². The van der Waals surface area contributed by atoms with E-state index in [-0.39, 0.29) is 17.1 Å². The lowest BCUT2D eigenvalue weighted by molar-refractivity contribution is -0.133. The number of rotatable bonds is 4. The van der Waals surface area contributed by atoms with Gasteiger partial charge in [0.05, 0.1) is 6.61 Å². The van der Waals surface area contributed by atoms with E-state index < -0.39 is 6.10 Å². The summed E-state index contributed by atoms with van der Waals surface area (Å²) in [6.45, 7) is 11.4. The molecule has 172 valence electrons. The zero-order chi connectivity index (χ0) is 22.9. The number of aromatic hydroxyl groups is 1. The number of piperazine rings is 1. The van der Waals surface area contributed by atoms with Crippen molar-refractivity contribution in [2.45, 2.75) is 38.7 Å². The number of phenols is 1. The van der Waals surface area contributed by atoms with Gasteiger partial charge in [-0.05, 0) is 41.8 Å². The van der Waals surface area contributed by atoms with Gasteiger partial charge in [-0.25, -0.2) is 0 Å². The van der Waals surface area contributed by atoms with E-state index in [4.69, 9.17) is 4.74 Å². The summed E-state index contributed by atoms with van der Waals surface area (Å²) >= 11 is 0. The van der Waals surface area contributed by atoms with Crippen molar-refractivity contribution >= 4 is 17.3 Å². The van der Waals surface area contributed by atoms with Gasteiger partial charge in [-0.15, -0.1) is 0 Å². The zero-order valence-electron chi connectivity index (χ0n) is 19.7. The molecule has 6 heteroatoms. The Labute approximate surface area is 191 Å². The number of benzene rings is 2. The molecule has 0 spiro atoms. The van der Waals surface area contributed by atoms with Crippen LogP contribution >= 0.6 is 0 Å². The highest BCUT2D eigenvalue weighted by Crippen LogP contribution is 2.30. The third-order valence-corrected chi connectivity index (χ3v) is 6.54. The van der Waals surface area contributed by atoms with Gasteiger partial charge in [-0.3, -0.25) is 4.79 Å². The standard InChI is InChI=1S/C26H35N3O3/c1-26(2,3)20-6-8-21(9-7-20)29-15-16-32-24(25(29)31)17-19-5-10-22(30)18-23(19)28-13-11-27(4)12-14-28/h5-10,18,24,30H,11-17H2,1-4H3. The van der Waals surface area contributed by atoms with E-state index in [1.54, 1.807) is 6.07 Å². The van der Waals surface area contributed by atoms with E-state index in [0.29, 0.717) is 19.6 Å². The molecular weight excluding hydrogens is 402 g/mol. The topological polar surface area (TPSA) is 56.2 Å². The van der Waals surface area contributed by atoms with Gasteiger partial charge in [-0.2, -0.15) is 0 Å². The number of carbonyl (C=O) groups is 1. The smallest absolute Gasteiger partial charge is 0.256 e. The molecule has 2 aliphatic heterocycles. The molecular formula is C26H35N3O3. The van der Waals surface area contributed by atoms with Gasteiger partial charge in [0, 0.05) is 56.6 Å². The number of phenolic OH excluding ortho intramolecular Hbond substituents is 1. The summed E-state index contributed by atoms with van der Waals surface area (Å²) in [5.41, 5.74) is 4.28. The van der Waals surface area contributed by atoms with Gasteiger partial charge in [0.2, 0.25) is 0 Å². The van der Waals surface area contributed by atoms with Crippen LogP contribution in [0.2, 0.25) is 0 Å². The van der Waals surface area contributed by atoms with Crippen LogP contribution in [0.15, 0.2) is 42.5 Å². The van der Waals surface area contributed by atoms with Crippen LogP contribution in [-0.4, -0.2) is 68.4 Å². The first-order valence-electron chi connectivity index (χ1n) is 11.5. The monoisotopic (exact) mass is 437 g/mol. The average Bonchev–Trinajstić information content (AvgIpc) is 2.76. The van der Waals surface area contributed by atoms with Gasteiger partial charge in [0.1, 0.15) is 11.9 Å². The highest BCUT2D eigenvalue weighted by atomic mass is 16.5. The fourth-order valence-electron chi connectivity index (χ4n) is 4.45. The average molecular weight is 438 g/mol. The molecule has 1 atom stereocenters. The van der Waals surface area contributed by atoms with Crippen LogP contribution in [0.1, 0.15) is 31.9 Å². The highest BCUT2D eigenvalue weighted by molar-refractivity contribution is 5.97. The van der Waals surface area contributed by atoms with Crippen molar-refractivity contribution < 1.29 is 14.6 Å². The van der Waals surface area contributed by atoms with Crippen LogP contribution in [0.5, 0.6) is 5.75 Å². The fourth-order valence-corrected chi connectivity index (χ4v) is 4.45. The van der Waals surface area contributed by atoms with Crippen molar-refractivity contribution in [2.75, 3.05) is 56.2 Å². The van der Waals surface area contributed by atoms with Crippen molar-refractivity contribution in [3.63, 3.8) is 0 Å². The number of hydrogen-bond acceptors (Lipinski definition) is 5. The maximum Gasteiger partial charge on any atom is 0.256 e. The van der Waals surface area contributed by atoms with Gasteiger partial charge in [0.15, 0.2) is 0 Å². The second-order valence-electron chi connectivity index (χ2n) is 9.95. The van der Waals surface area contributed by atoms with Gasteiger partial charge in [-0.1, -0.05) is 39.0 Å². The summed E-state index contributed by atoms with van der Waals surface area (Å²) in [4.78, 5) is 19.8. The second kappa shape index (κ2) is 9.12. The molecule has 2 fully saturated rings. The van der Waals surface area contributed by atoms with Gasteiger partial charge >= 0.3 is 0 Å². The zero-order valence-corrected chi connectivity index (χ0v) is 19.7. The minimum absolute atomic E-state index is 0.00263. The van der Waals surface area contributed by atoms with Crippen LogP contribution in [0, 0.1) is 0 Å². The van der Waals surface area contributed by atoms with E-state index in [9.17, 15) is 9.90 Å². The van der Waals surface area contributed by atoms with Gasteiger partial charge in [0.25, 0.3) is 5.91 Å². The number of morpholine rings is 1. The molecule has 0 saturated carbocycles. The Morgan fingerprint density at radius 2 is 1.69 bits per heavy atom. The van der Waals surface area contributed by atoms with Crippen LogP contribution in [0.25, 0.3) is 0 Å². The lowest BCUT2D eigenvalue weighted by Gasteiger charge is -2.36. The number of amides is 1. The molecule has 1 amide bonds. The number of ether oxygens (including phenoxy) is 1. The minimum Gasteiger partial charge on any atom is -0.508 e. The first kappa shape index (κ1) is 22.6. The molecule has 1 unspecified atom stereocenters. The van der Waals surface area contributed by atoms with Crippen molar-refractivity contribution in [1.82, 2.24) is 4.90 Å². The quantitative estimate of drug-likeness (QED) is 0.794. The third kappa shape index (κ3) is 4.92. The number of carbonyl (C=O) groups excluding carboxylic acids is 1. The molecule has 2 saturated heterocycles. The number of hydrogen-bond donors (Lipinski definition) is 1. The molecule has 2 aromatic rings. The molecule has 0 radical (unpaired) electrons. The van der Waals surface area contributed by atoms with Crippen LogP contribution in [-0.2, 0) is 21.4 Å². The Bertz CT molecular complexity index is 944. The van der Waals surface area contributed by atoms with Crippen molar-refractivity contribution in [2.24, 2.45) is 0 Å². The molecule has 32 heavy (non-hydrogen) atoms. The first-order chi connectivity index (χ1) is 15.2. The predicted octanol–water partition coefficient (Wildman–Crippen LogP) is 3.42. The van der Waals surface area contributed by atoms with E-state index >= 15 is 0 Å². The molecule has 2 heterocycles.